The largest absolute Gasteiger partial charge is 0.508 e. The summed E-state index contributed by atoms with van der Waals surface area (Å²) >= 11 is 0. The average Bonchev–Trinajstić information content (AvgIpc) is 2.39. The number of nitrogens with zero attached hydrogens (tertiary/aromatic N) is 1. The molecule has 0 aliphatic carbocycles. The van der Waals surface area contributed by atoms with Gasteiger partial charge in [-0.1, -0.05) is 6.42 Å². The number of phenols is 1. The van der Waals surface area contributed by atoms with Crippen molar-refractivity contribution in [1.29, 1.82) is 0 Å². The fourth-order valence-corrected chi connectivity index (χ4v) is 2.10. The van der Waals surface area contributed by atoms with Crippen LogP contribution in [0.5, 0.6) is 5.75 Å². The van der Waals surface area contributed by atoms with Gasteiger partial charge in [-0.25, -0.2) is 0 Å². The van der Waals surface area contributed by atoms with Crippen molar-refractivity contribution in [3.63, 3.8) is 0 Å². The van der Waals surface area contributed by atoms with Gasteiger partial charge in [0.05, 0.1) is 6.04 Å². The molecule has 17 heavy (non-hydrogen) atoms. The van der Waals surface area contributed by atoms with Crippen molar-refractivity contribution >= 4 is 11.6 Å². The van der Waals surface area contributed by atoms with E-state index in [1.807, 2.05) is 0 Å². The Bertz CT molecular complexity index is 383. The number of likely N-dealkylation sites (N-methyl/N-ethyl adjacent to an activating group) is 1. The van der Waals surface area contributed by atoms with Crippen molar-refractivity contribution in [1.82, 2.24) is 5.32 Å². The van der Waals surface area contributed by atoms with Gasteiger partial charge in [0.2, 0.25) is 5.91 Å². The van der Waals surface area contributed by atoms with E-state index < -0.39 is 0 Å². The van der Waals surface area contributed by atoms with Crippen molar-refractivity contribution in [3.8, 4) is 5.75 Å². The predicted octanol–water partition coefficient (Wildman–Crippen LogP) is 1.50. The SMILES string of the molecule is CN(C(=O)[C@@H]1CCCCN1)c1ccc(O)cc1. The van der Waals surface area contributed by atoms with E-state index in [2.05, 4.69) is 5.32 Å². The number of piperidine rings is 1. The first-order valence-electron chi connectivity index (χ1n) is 5.98. The molecule has 1 saturated heterocycles. The Kier molecular flexibility index (Phi) is 3.64. The zero-order valence-electron chi connectivity index (χ0n) is 10.0. The van der Waals surface area contributed by atoms with E-state index in [-0.39, 0.29) is 17.7 Å². The quantitative estimate of drug-likeness (QED) is 0.815. The lowest BCUT2D eigenvalue weighted by atomic mass is 10.0. The van der Waals surface area contributed by atoms with Crippen LogP contribution in [0.25, 0.3) is 0 Å². The third-order valence-corrected chi connectivity index (χ3v) is 3.18. The minimum absolute atomic E-state index is 0.0671. The predicted molar refractivity (Wildman–Crippen MR) is 67.2 cm³/mol. The van der Waals surface area contributed by atoms with E-state index in [1.54, 1.807) is 36.2 Å². The Morgan fingerprint density at radius 3 is 2.65 bits per heavy atom. The lowest BCUT2D eigenvalue weighted by Crippen LogP contribution is -2.47. The number of hydrogen-bond acceptors (Lipinski definition) is 3. The van der Waals surface area contributed by atoms with E-state index in [9.17, 15) is 9.90 Å². The number of anilines is 1. The van der Waals surface area contributed by atoms with Crippen LogP contribution in [0.2, 0.25) is 0 Å². The molecule has 92 valence electrons. The summed E-state index contributed by atoms with van der Waals surface area (Å²) in [5.41, 5.74) is 0.806. The third kappa shape index (κ3) is 2.77. The summed E-state index contributed by atoms with van der Waals surface area (Å²) in [5, 5.41) is 12.5. The Labute approximate surface area is 101 Å². The highest BCUT2D eigenvalue weighted by atomic mass is 16.3. The lowest BCUT2D eigenvalue weighted by Gasteiger charge is -2.27. The second kappa shape index (κ2) is 5.19. The van der Waals surface area contributed by atoms with Crippen molar-refractivity contribution in [3.05, 3.63) is 24.3 Å². The second-order valence-electron chi connectivity index (χ2n) is 4.42. The molecule has 1 aliphatic rings. The first-order valence-corrected chi connectivity index (χ1v) is 5.98. The van der Waals surface area contributed by atoms with Gasteiger partial charge in [-0.3, -0.25) is 4.79 Å². The minimum Gasteiger partial charge on any atom is -0.508 e. The van der Waals surface area contributed by atoms with Crippen molar-refractivity contribution in [2.45, 2.75) is 25.3 Å². The molecule has 1 aromatic rings. The molecule has 4 nitrogen and oxygen atoms in total. The van der Waals surface area contributed by atoms with E-state index in [1.165, 1.54) is 0 Å². The van der Waals surface area contributed by atoms with Gasteiger partial charge in [0.15, 0.2) is 0 Å². The molecule has 2 rings (SSSR count). The maximum Gasteiger partial charge on any atom is 0.243 e. The summed E-state index contributed by atoms with van der Waals surface area (Å²) in [6, 6.07) is 6.61. The van der Waals surface area contributed by atoms with Gasteiger partial charge in [-0.2, -0.15) is 0 Å². The minimum atomic E-state index is -0.0671. The molecule has 0 unspecified atom stereocenters. The van der Waals surface area contributed by atoms with Gasteiger partial charge in [0.1, 0.15) is 5.75 Å². The third-order valence-electron chi connectivity index (χ3n) is 3.18. The van der Waals surface area contributed by atoms with Crippen molar-refractivity contribution < 1.29 is 9.90 Å². The van der Waals surface area contributed by atoms with Crippen LogP contribution in [0.4, 0.5) is 5.69 Å². The molecule has 1 atom stereocenters. The normalized spacial score (nSPS) is 19.9. The number of phenolic OH excluding ortho intramolecular Hbond substituents is 1. The molecular formula is C13H18N2O2. The Morgan fingerprint density at radius 2 is 2.06 bits per heavy atom. The average molecular weight is 234 g/mol. The molecule has 2 N–H and O–H groups in total. The number of nitrogens with one attached hydrogen (secondary N) is 1. The number of carbonyl (C=O) groups is 1. The number of benzene rings is 1. The van der Waals surface area contributed by atoms with Crippen LogP contribution >= 0.6 is 0 Å². The smallest absolute Gasteiger partial charge is 0.243 e. The van der Waals surface area contributed by atoms with Crippen LogP contribution in [0.15, 0.2) is 24.3 Å². The van der Waals surface area contributed by atoms with E-state index in [4.69, 9.17) is 0 Å². The lowest BCUT2D eigenvalue weighted by molar-refractivity contribution is -0.120. The number of carbonyl (C=O) groups excluding carboxylic acids is 1. The molecule has 1 aliphatic heterocycles. The maximum atomic E-state index is 12.2. The fourth-order valence-electron chi connectivity index (χ4n) is 2.10. The maximum absolute atomic E-state index is 12.2. The van der Waals surface area contributed by atoms with Crippen molar-refractivity contribution in [2.24, 2.45) is 0 Å². The van der Waals surface area contributed by atoms with Crippen LogP contribution in [0.3, 0.4) is 0 Å². The summed E-state index contributed by atoms with van der Waals surface area (Å²) < 4.78 is 0. The molecular weight excluding hydrogens is 216 g/mol. The van der Waals surface area contributed by atoms with Gasteiger partial charge in [-0.15, -0.1) is 0 Å². The number of amides is 1. The first kappa shape index (κ1) is 11.9. The zero-order valence-corrected chi connectivity index (χ0v) is 10.0. The standard InChI is InChI=1S/C13H18N2O2/c1-15(10-5-7-11(16)8-6-10)13(17)12-4-2-3-9-14-12/h5-8,12,14,16H,2-4,9H2,1H3/t12-/m0/s1. The fraction of sp³-hybridized carbons (Fsp3) is 0.462. The van der Waals surface area contributed by atoms with Crippen LogP contribution < -0.4 is 10.2 Å². The Morgan fingerprint density at radius 1 is 1.35 bits per heavy atom. The zero-order chi connectivity index (χ0) is 12.3. The summed E-state index contributed by atoms with van der Waals surface area (Å²) in [6.07, 6.45) is 3.15. The summed E-state index contributed by atoms with van der Waals surface area (Å²) in [6.45, 7) is 0.916. The molecule has 1 heterocycles. The topological polar surface area (TPSA) is 52.6 Å². The monoisotopic (exact) mass is 234 g/mol. The van der Waals surface area contributed by atoms with Crippen molar-refractivity contribution in [2.75, 3.05) is 18.5 Å². The van der Waals surface area contributed by atoms with Gasteiger partial charge < -0.3 is 15.3 Å². The molecule has 1 aromatic carbocycles. The molecule has 1 amide bonds. The van der Waals surface area contributed by atoms with E-state index in [0.29, 0.717) is 0 Å². The molecule has 0 saturated carbocycles. The van der Waals surface area contributed by atoms with Gasteiger partial charge in [0.25, 0.3) is 0 Å². The second-order valence-corrected chi connectivity index (χ2v) is 4.42. The highest BCUT2D eigenvalue weighted by Gasteiger charge is 2.24. The number of aromatic hydroxyl groups is 1. The highest BCUT2D eigenvalue weighted by molar-refractivity contribution is 5.96. The number of rotatable bonds is 2. The number of hydrogen-bond donors (Lipinski definition) is 2. The molecule has 0 aromatic heterocycles. The van der Waals surface area contributed by atoms with Gasteiger partial charge >= 0.3 is 0 Å². The Hall–Kier alpha value is -1.55. The van der Waals surface area contributed by atoms with Crippen LogP contribution in [0, 0.1) is 0 Å². The molecule has 0 radical (unpaired) electrons. The van der Waals surface area contributed by atoms with E-state index >= 15 is 0 Å². The molecule has 0 spiro atoms. The summed E-state index contributed by atoms with van der Waals surface area (Å²) in [7, 11) is 1.77. The van der Waals surface area contributed by atoms with Crippen LogP contribution in [0.1, 0.15) is 19.3 Å². The molecule has 0 bridgehead atoms. The summed E-state index contributed by atoms with van der Waals surface area (Å²) in [4.78, 5) is 13.8. The van der Waals surface area contributed by atoms with Gasteiger partial charge in [-0.05, 0) is 43.7 Å². The van der Waals surface area contributed by atoms with Crippen LogP contribution in [-0.2, 0) is 4.79 Å². The van der Waals surface area contributed by atoms with Gasteiger partial charge in [0, 0.05) is 12.7 Å². The Balaban J connectivity index is 2.05. The van der Waals surface area contributed by atoms with Crippen LogP contribution in [-0.4, -0.2) is 30.6 Å². The molecule has 4 heteroatoms. The highest BCUT2D eigenvalue weighted by Crippen LogP contribution is 2.19. The summed E-state index contributed by atoms with van der Waals surface area (Å²) in [5.74, 6) is 0.306. The first-order chi connectivity index (χ1) is 8.18. The molecule has 1 fully saturated rings. The van der Waals surface area contributed by atoms with E-state index in [0.717, 1.165) is 31.5 Å².